The van der Waals surface area contributed by atoms with E-state index >= 15 is 0 Å². The molecule has 2 aromatic rings. The molecule has 1 aromatic carbocycles. The van der Waals surface area contributed by atoms with Gasteiger partial charge in [-0.2, -0.15) is 0 Å². The monoisotopic (exact) mass is 562 g/mol. The van der Waals surface area contributed by atoms with Gasteiger partial charge in [0.25, 0.3) is 0 Å². The molecule has 214 valence electrons. The molecule has 40 heavy (non-hydrogen) atoms. The minimum atomic E-state index is -3.18. The van der Waals surface area contributed by atoms with Crippen molar-refractivity contribution in [3.8, 4) is 11.4 Å². The second kappa shape index (κ2) is 13.7. The summed E-state index contributed by atoms with van der Waals surface area (Å²) < 4.78 is 25.5. The van der Waals surface area contributed by atoms with Crippen LogP contribution in [0.15, 0.2) is 72.5 Å². The lowest BCUT2D eigenvalue weighted by Crippen LogP contribution is -2.41. The summed E-state index contributed by atoms with van der Waals surface area (Å²) in [6, 6.07) is 8.18. The van der Waals surface area contributed by atoms with Gasteiger partial charge in [0.2, 0.25) is 10.0 Å². The molecular formula is C31H42N6O2S. The van der Waals surface area contributed by atoms with Crippen LogP contribution < -0.4 is 5.32 Å². The first kappa shape index (κ1) is 31.0. The van der Waals surface area contributed by atoms with Crippen molar-refractivity contribution >= 4 is 33.2 Å². The number of aromatic nitrogens is 2. The van der Waals surface area contributed by atoms with E-state index in [0.29, 0.717) is 30.6 Å². The van der Waals surface area contributed by atoms with E-state index in [1.165, 1.54) is 6.26 Å². The summed E-state index contributed by atoms with van der Waals surface area (Å²) in [5.41, 5.74) is 5.50. The van der Waals surface area contributed by atoms with E-state index in [0.717, 1.165) is 46.3 Å². The topological polar surface area (TPSA) is 90.8 Å². The van der Waals surface area contributed by atoms with Crippen molar-refractivity contribution in [2.75, 3.05) is 45.8 Å². The predicted molar refractivity (Wildman–Crippen MR) is 169 cm³/mol. The van der Waals surface area contributed by atoms with Crippen LogP contribution in [0.25, 0.3) is 22.5 Å². The van der Waals surface area contributed by atoms with Gasteiger partial charge in [0.15, 0.2) is 5.82 Å². The minimum Gasteiger partial charge on any atom is -0.383 e. The Morgan fingerprint density at radius 3 is 2.52 bits per heavy atom. The zero-order valence-electron chi connectivity index (χ0n) is 24.6. The first-order chi connectivity index (χ1) is 18.9. The Labute approximate surface area is 240 Å². The fourth-order valence-corrected chi connectivity index (χ4v) is 5.71. The second-order valence-corrected chi connectivity index (χ2v) is 12.5. The van der Waals surface area contributed by atoms with Gasteiger partial charge < -0.3 is 10.2 Å². The molecule has 9 heteroatoms. The first-order valence-electron chi connectivity index (χ1n) is 13.4. The Morgan fingerprint density at radius 2 is 1.95 bits per heavy atom. The van der Waals surface area contributed by atoms with Crippen molar-refractivity contribution in [1.29, 1.82) is 0 Å². The zero-order chi connectivity index (χ0) is 29.4. The smallest absolute Gasteiger partial charge is 0.211 e. The number of allylic oxidation sites excluding steroid dienone is 5. The summed E-state index contributed by atoms with van der Waals surface area (Å²) in [5.74, 6) is 1.60. The molecule has 1 aromatic heterocycles. The lowest BCUT2D eigenvalue weighted by molar-refractivity contribution is 0.258. The Bertz CT molecular complexity index is 1420. The summed E-state index contributed by atoms with van der Waals surface area (Å²) in [6.07, 6.45) is 12.3. The van der Waals surface area contributed by atoms with E-state index < -0.39 is 10.0 Å². The highest BCUT2D eigenvalue weighted by Crippen LogP contribution is 2.30. The minimum absolute atomic E-state index is 0.0644. The van der Waals surface area contributed by atoms with Gasteiger partial charge in [0.05, 0.1) is 6.26 Å². The molecule has 0 amide bonds. The fourth-order valence-electron chi connectivity index (χ4n) is 4.83. The lowest BCUT2D eigenvalue weighted by atomic mass is 9.91. The van der Waals surface area contributed by atoms with Crippen LogP contribution in [-0.2, 0) is 10.0 Å². The fraction of sp³-hybridized carbons (Fsp3) is 0.387. The van der Waals surface area contributed by atoms with Gasteiger partial charge in [-0.25, -0.2) is 22.7 Å². The van der Waals surface area contributed by atoms with E-state index in [-0.39, 0.29) is 6.04 Å². The van der Waals surface area contributed by atoms with Crippen molar-refractivity contribution in [1.82, 2.24) is 19.2 Å². The molecule has 0 bridgehead atoms. The molecule has 0 saturated carbocycles. The molecule has 0 radical (unpaired) electrons. The average molecular weight is 563 g/mol. The van der Waals surface area contributed by atoms with Crippen LogP contribution in [0.3, 0.4) is 0 Å². The number of aliphatic imine (C=N–C) groups is 1. The summed E-state index contributed by atoms with van der Waals surface area (Å²) in [4.78, 5) is 16.0. The summed E-state index contributed by atoms with van der Waals surface area (Å²) in [6.45, 7) is 13.1. The third-order valence-corrected chi connectivity index (χ3v) is 8.18. The molecule has 0 spiro atoms. The molecule has 2 heterocycles. The first-order valence-corrected chi connectivity index (χ1v) is 15.3. The van der Waals surface area contributed by atoms with Gasteiger partial charge in [-0.05, 0) is 49.8 Å². The molecule has 1 aliphatic rings. The van der Waals surface area contributed by atoms with E-state index in [4.69, 9.17) is 9.97 Å². The van der Waals surface area contributed by atoms with Gasteiger partial charge in [-0.3, -0.25) is 4.99 Å². The highest BCUT2D eigenvalue weighted by molar-refractivity contribution is 7.88. The van der Waals surface area contributed by atoms with Crippen LogP contribution >= 0.6 is 0 Å². The van der Waals surface area contributed by atoms with Gasteiger partial charge in [0.1, 0.15) is 5.82 Å². The number of hydrogen-bond acceptors (Lipinski definition) is 7. The maximum absolute atomic E-state index is 12.0. The molecule has 1 atom stereocenters. The van der Waals surface area contributed by atoms with Crippen molar-refractivity contribution in [2.24, 2.45) is 10.9 Å². The van der Waals surface area contributed by atoms with Crippen LogP contribution in [-0.4, -0.2) is 80.3 Å². The Balaban J connectivity index is 2.02. The van der Waals surface area contributed by atoms with Crippen LogP contribution in [0.4, 0.5) is 5.82 Å². The number of nitrogens with zero attached hydrogens (tertiary/aromatic N) is 5. The van der Waals surface area contributed by atoms with E-state index in [2.05, 4.69) is 36.5 Å². The molecular weight excluding hydrogens is 520 g/mol. The third kappa shape index (κ3) is 8.22. The maximum Gasteiger partial charge on any atom is 0.211 e. The number of anilines is 1. The number of piperidine rings is 1. The highest BCUT2D eigenvalue weighted by atomic mass is 32.2. The van der Waals surface area contributed by atoms with Crippen LogP contribution in [0.2, 0.25) is 0 Å². The molecule has 1 N–H and O–H groups in total. The largest absolute Gasteiger partial charge is 0.383 e. The van der Waals surface area contributed by atoms with Crippen molar-refractivity contribution in [3.05, 3.63) is 78.7 Å². The molecule has 1 saturated heterocycles. The molecule has 3 rings (SSSR count). The molecule has 8 nitrogen and oxygen atoms in total. The number of sulfonamides is 1. The third-order valence-electron chi connectivity index (χ3n) is 6.88. The van der Waals surface area contributed by atoms with E-state index in [1.807, 2.05) is 68.7 Å². The second-order valence-electron chi connectivity index (χ2n) is 10.6. The maximum atomic E-state index is 12.0. The summed E-state index contributed by atoms with van der Waals surface area (Å²) in [7, 11) is 2.52. The Hall–Kier alpha value is -3.56. The molecule has 0 aliphatic carbocycles. The van der Waals surface area contributed by atoms with Crippen LogP contribution in [0, 0.1) is 5.92 Å². The zero-order valence-corrected chi connectivity index (χ0v) is 25.4. The number of rotatable bonds is 11. The van der Waals surface area contributed by atoms with E-state index in [1.54, 1.807) is 17.6 Å². The van der Waals surface area contributed by atoms with Crippen molar-refractivity contribution < 1.29 is 8.42 Å². The number of hydrogen-bond donors (Lipinski definition) is 1. The summed E-state index contributed by atoms with van der Waals surface area (Å²) >= 11 is 0. The predicted octanol–water partition coefficient (Wildman–Crippen LogP) is 5.36. The van der Waals surface area contributed by atoms with Gasteiger partial charge in [-0.1, -0.05) is 49.1 Å². The SMILES string of the molecule is C=C/C(=C\N(C)C)c1cccc(-c2ncc(/C(C=NC)=C/C(=C)C)c(NC(C)C3CCN(S(C)(=O)=O)CC3)n2)c1. The molecule has 1 aliphatic heterocycles. The van der Waals surface area contributed by atoms with Gasteiger partial charge >= 0.3 is 0 Å². The average Bonchev–Trinajstić information content (AvgIpc) is 2.90. The Morgan fingerprint density at radius 1 is 1.25 bits per heavy atom. The van der Waals surface area contributed by atoms with Gasteiger partial charge in [0, 0.05) is 75.6 Å². The molecule has 1 unspecified atom stereocenters. The van der Waals surface area contributed by atoms with Crippen LogP contribution in [0.1, 0.15) is 37.8 Å². The standard InChI is InChI=1S/C31H42N6O2S/c1-9-24(21-36(6)7)26-11-10-12-27(18-26)30-33-20-29(28(19-32-5)17-22(2)3)31(35-30)34-23(4)25-13-15-37(16-14-25)40(8,38)39/h9-12,17-21,23,25H,1-2,13-16H2,3-8H3,(H,33,34,35)/b24-21+,28-17+,32-19?. The van der Waals surface area contributed by atoms with Crippen molar-refractivity contribution in [2.45, 2.75) is 32.7 Å². The number of benzene rings is 1. The van der Waals surface area contributed by atoms with E-state index in [9.17, 15) is 8.42 Å². The molecule has 1 fully saturated rings. The lowest BCUT2D eigenvalue weighted by Gasteiger charge is -2.34. The van der Waals surface area contributed by atoms with Crippen molar-refractivity contribution in [3.63, 3.8) is 0 Å². The summed E-state index contributed by atoms with van der Waals surface area (Å²) in [5, 5.41) is 3.65. The highest BCUT2D eigenvalue weighted by Gasteiger charge is 2.28. The van der Waals surface area contributed by atoms with Gasteiger partial charge in [-0.15, -0.1) is 0 Å². The quantitative estimate of drug-likeness (QED) is 0.293. The van der Waals surface area contributed by atoms with Crippen LogP contribution in [0.5, 0.6) is 0 Å². The normalized spacial score (nSPS) is 16.6. The Kier molecular flexibility index (Phi) is 10.6. The number of nitrogens with one attached hydrogen (secondary N) is 1.